The molecule has 104 valence electrons. The summed E-state index contributed by atoms with van der Waals surface area (Å²) in [5.74, 6) is -0.100. The van der Waals surface area contributed by atoms with Gasteiger partial charge in [-0.05, 0) is 32.1 Å². The zero-order chi connectivity index (χ0) is 13.6. The Balaban J connectivity index is 2.64. The summed E-state index contributed by atoms with van der Waals surface area (Å²) >= 11 is 0. The fourth-order valence-electron chi connectivity index (χ4n) is 2.38. The second-order valence-corrected chi connectivity index (χ2v) is 5.01. The smallest absolute Gasteiger partial charge is 0.417 e. The molecule has 0 aromatic carbocycles. The topological polar surface area (TPSA) is 46.6 Å². The Labute approximate surface area is 110 Å². The monoisotopic (exact) mass is 255 g/mol. The van der Waals surface area contributed by atoms with Gasteiger partial charge in [-0.2, -0.15) is 0 Å². The van der Waals surface area contributed by atoms with E-state index in [4.69, 9.17) is 4.74 Å². The lowest BCUT2D eigenvalue weighted by molar-refractivity contribution is -0.127. The highest BCUT2D eigenvalue weighted by Gasteiger charge is 2.35. The molecule has 0 aliphatic carbocycles. The molecule has 4 nitrogen and oxygen atoms in total. The summed E-state index contributed by atoms with van der Waals surface area (Å²) in [7, 11) is 0. The Kier molecular flexibility index (Phi) is 5.63. The summed E-state index contributed by atoms with van der Waals surface area (Å²) < 4.78 is 5.66. The number of hydrogen-bond donors (Lipinski definition) is 0. The maximum atomic E-state index is 12.0. The summed E-state index contributed by atoms with van der Waals surface area (Å²) in [5.41, 5.74) is -0.393. The van der Waals surface area contributed by atoms with Crippen molar-refractivity contribution in [3.63, 3.8) is 0 Å². The molecule has 0 saturated carbocycles. The average Bonchev–Trinajstić information content (AvgIpc) is 2.81. The highest BCUT2D eigenvalue weighted by molar-refractivity contribution is 5.93. The van der Waals surface area contributed by atoms with Gasteiger partial charge in [0, 0.05) is 13.0 Å². The predicted octanol–water partition coefficient (Wildman–Crippen LogP) is 3.49. The van der Waals surface area contributed by atoms with Gasteiger partial charge in [0.2, 0.25) is 5.91 Å². The Morgan fingerprint density at radius 3 is 2.44 bits per heavy atom. The number of unbranched alkanes of at least 4 members (excludes halogenated alkanes) is 1. The first-order valence-corrected chi connectivity index (χ1v) is 7.12. The van der Waals surface area contributed by atoms with Gasteiger partial charge < -0.3 is 4.74 Å². The zero-order valence-electron chi connectivity index (χ0n) is 11.8. The van der Waals surface area contributed by atoms with Gasteiger partial charge in [-0.1, -0.05) is 27.2 Å². The van der Waals surface area contributed by atoms with E-state index in [9.17, 15) is 9.59 Å². The molecule has 4 heteroatoms. The van der Waals surface area contributed by atoms with Crippen molar-refractivity contribution in [1.82, 2.24) is 4.90 Å². The number of likely N-dealkylation sites (tertiary alicyclic amines) is 1. The number of imide groups is 1. The third-order valence-electron chi connectivity index (χ3n) is 3.87. The molecule has 0 radical (unpaired) electrons. The van der Waals surface area contributed by atoms with Crippen molar-refractivity contribution < 1.29 is 14.3 Å². The molecule has 0 aromatic rings. The van der Waals surface area contributed by atoms with E-state index < -0.39 is 11.7 Å². The van der Waals surface area contributed by atoms with Gasteiger partial charge >= 0.3 is 6.09 Å². The molecule has 0 spiro atoms. The van der Waals surface area contributed by atoms with E-state index in [1.807, 2.05) is 13.8 Å². The van der Waals surface area contributed by atoms with E-state index in [0.717, 1.165) is 38.5 Å². The fourth-order valence-corrected chi connectivity index (χ4v) is 2.38. The van der Waals surface area contributed by atoms with E-state index in [0.29, 0.717) is 13.0 Å². The molecule has 1 aliphatic rings. The number of carbonyl (C=O) groups excluding carboxylic acids is 2. The Bertz CT molecular complexity index is 297. The van der Waals surface area contributed by atoms with Gasteiger partial charge in [-0.15, -0.1) is 0 Å². The van der Waals surface area contributed by atoms with E-state index >= 15 is 0 Å². The van der Waals surface area contributed by atoms with Gasteiger partial charge in [0.15, 0.2) is 0 Å². The molecule has 1 saturated heterocycles. The van der Waals surface area contributed by atoms with Crippen LogP contribution in [-0.4, -0.2) is 29.0 Å². The fraction of sp³-hybridized carbons (Fsp3) is 0.857. The lowest BCUT2D eigenvalue weighted by Crippen LogP contribution is -2.41. The molecule has 0 aromatic heterocycles. The molecule has 1 aliphatic heterocycles. The maximum Gasteiger partial charge on any atom is 0.417 e. The second-order valence-electron chi connectivity index (χ2n) is 5.01. The minimum Gasteiger partial charge on any atom is -0.443 e. The molecule has 0 bridgehead atoms. The van der Waals surface area contributed by atoms with Crippen molar-refractivity contribution in [3.8, 4) is 0 Å². The van der Waals surface area contributed by atoms with Gasteiger partial charge in [0.05, 0.1) is 0 Å². The SMILES string of the molecule is CCCCC(CC)(CC)OC(=O)N1CCCC1=O. The number of hydrogen-bond acceptors (Lipinski definition) is 3. The van der Waals surface area contributed by atoms with E-state index in [1.165, 1.54) is 4.90 Å². The Morgan fingerprint density at radius 1 is 1.33 bits per heavy atom. The van der Waals surface area contributed by atoms with Crippen LogP contribution in [0.4, 0.5) is 4.79 Å². The van der Waals surface area contributed by atoms with Crippen LogP contribution in [0.5, 0.6) is 0 Å². The lowest BCUT2D eigenvalue weighted by atomic mass is 9.91. The third kappa shape index (κ3) is 3.47. The minimum atomic E-state index is -0.447. The number of nitrogens with zero attached hydrogens (tertiary/aromatic N) is 1. The normalized spacial score (nSPS) is 16.2. The van der Waals surface area contributed by atoms with Crippen LogP contribution in [0.15, 0.2) is 0 Å². The average molecular weight is 255 g/mol. The van der Waals surface area contributed by atoms with Crippen LogP contribution in [-0.2, 0) is 9.53 Å². The molecule has 2 amide bonds. The minimum absolute atomic E-state index is 0.100. The molecule has 0 unspecified atom stereocenters. The Hall–Kier alpha value is -1.06. The molecular formula is C14H25NO3. The van der Waals surface area contributed by atoms with Crippen LogP contribution in [0.25, 0.3) is 0 Å². The molecule has 1 fully saturated rings. The highest BCUT2D eigenvalue weighted by atomic mass is 16.6. The molecule has 1 rings (SSSR count). The van der Waals surface area contributed by atoms with Crippen LogP contribution in [0.1, 0.15) is 65.7 Å². The largest absolute Gasteiger partial charge is 0.443 e. The number of carbonyl (C=O) groups is 2. The number of ether oxygens (including phenoxy) is 1. The quantitative estimate of drug-likeness (QED) is 0.729. The summed E-state index contributed by atoms with van der Waals surface area (Å²) in [6.45, 7) is 6.72. The van der Waals surface area contributed by atoms with Crippen molar-refractivity contribution in [3.05, 3.63) is 0 Å². The molecule has 0 N–H and O–H groups in total. The third-order valence-corrected chi connectivity index (χ3v) is 3.87. The molecular weight excluding hydrogens is 230 g/mol. The van der Waals surface area contributed by atoms with Gasteiger partial charge in [0.25, 0.3) is 0 Å². The van der Waals surface area contributed by atoms with E-state index in [-0.39, 0.29) is 5.91 Å². The van der Waals surface area contributed by atoms with Gasteiger partial charge in [-0.25, -0.2) is 9.69 Å². The van der Waals surface area contributed by atoms with E-state index in [1.54, 1.807) is 0 Å². The summed E-state index contributed by atoms with van der Waals surface area (Å²) in [5, 5.41) is 0. The van der Waals surface area contributed by atoms with Gasteiger partial charge in [0.1, 0.15) is 5.60 Å². The first kappa shape index (κ1) is 15.0. The van der Waals surface area contributed by atoms with Crippen molar-refractivity contribution in [1.29, 1.82) is 0 Å². The van der Waals surface area contributed by atoms with Crippen molar-refractivity contribution >= 4 is 12.0 Å². The number of amides is 2. The van der Waals surface area contributed by atoms with E-state index in [2.05, 4.69) is 6.92 Å². The first-order valence-electron chi connectivity index (χ1n) is 7.12. The maximum absolute atomic E-state index is 12.0. The van der Waals surface area contributed by atoms with Crippen LogP contribution in [0.3, 0.4) is 0 Å². The van der Waals surface area contributed by atoms with Crippen LogP contribution in [0.2, 0.25) is 0 Å². The Morgan fingerprint density at radius 2 is 2.00 bits per heavy atom. The van der Waals surface area contributed by atoms with Crippen LogP contribution < -0.4 is 0 Å². The van der Waals surface area contributed by atoms with Crippen molar-refractivity contribution in [2.75, 3.05) is 6.54 Å². The highest BCUT2D eigenvalue weighted by Crippen LogP contribution is 2.28. The predicted molar refractivity (Wildman–Crippen MR) is 70.3 cm³/mol. The second kappa shape index (κ2) is 6.76. The zero-order valence-corrected chi connectivity index (χ0v) is 11.8. The summed E-state index contributed by atoms with van der Waals surface area (Å²) in [6, 6.07) is 0. The van der Waals surface area contributed by atoms with Gasteiger partial charge in [-0.3, -0.25) is 4.79 Å². The van der Waals surface area contributed by atoms with Crippen LogP contribution in [0, 0.1) is 0 Å². The first-order chi connectivity index (χ1) is 8.58. The van der Waals surface area contributed by atoms with Crippen LogP contribution >= 0.6 is 0 Å². The lowest BCUT2D eigenvalue weighted by Gasteiger charge is -2.33. The molecule has 18 heavy (non-hydrogen) atoms. The molecule has 1 heterocycles. The summed E-state index contributed by atoms with van der Waals surface area (Å²) in [6.07, 6.45) is 5.39. The number of rotatable bonds is 6. The van der Waals surface area contributed by atoms with Crippen molar-refractivity contribution in [2.24, 2.45) is 0 Å². The standard InChI is InChI=1S/C14H25NO3/c1-4-7-10-14(5-2,6-3)18-13(17)15-11-8-9-12(15)16/h4-11H2,1-3H3. The summed E-state index contributed by atoms with van der Waals surface area (Å²) in [4.78, 5) is 24.8. The van der Waals surface area contributed by atoms with Crippen molar-refractivity contribution in [2.45, 2.75) is 71.3 Å². The molecule has 0 atom stereocenters.